The fraction of sp³-hybridized carbons (Fsp3) is 0.500. The fourth-order valence-electron chi connectivity index (χ4n) is 5.06. The van der Waals surface area contributed by atoms with Crippen LogP contribution >= 0.6 is 0 Å². The molecule has 0 spiro atoms. The van der Waals surface area contributed by atoms with Gasteiger partial charge < -0.3 is 23.8 Å². The molecule has 3 aliphatic heterocycles. The Morgan fingerprint density at radius 1 is 1.12 bits per heavy atom. The van der Waals surface area contributed by atoms with Crippen molar-refractivity contribution in [2.24, 2.45) is 10.3 Å². The maximum atomic E-state index is 13.6. The van der Waals surface area contributed by atoms with Gasteiger partial charge in [-0.15, -0.1) is 5.11 Å². The zero-order chi connectivity index (χ0) is 28.9. The lowest BCUT2D eigenvalue weighted by Gasteiger charge is -2.39. The Bertz CT molecular complexity index is 1350. The van der Waals surface area contributed by atoms with Gasteiger partial charge in [0.2, 0.25) is 6.79 Å². The van der Waals surface area contributed by atoms with Crippen molar-refractivity contribution in [2.45, 2.75) is 35.1 Å². The number of amides is 1. The Balaban J connectivity index is 1.12. The Morgan fingerprint density at radius 2 is 1.88 bits per heavy atom. The first-order valence-corrected chi connectivity index (χ1v) is 14.8. The molecule has 0 bridgehead atoms. The number of rotatable bonds is 12. The van der Waals surface area contributed by atoms with Crippen molar-refractivity contribution in [1.29, 1.82) is 0 Å². The summed E-state index contributed by atoms with van der Waals surface area (Å²) in [4.78, 5) is 14.7. The lowest BCUT2D eigenvalue weighted by atomic mass is 9.95. The number of nitrogens with zero attached hydrogens (tertiary/aromatic N) is 4. The molecule has 0 radical (unpaired) electrons. The summed E-state index contributed by atoms with van der Waals surface area (Å²) in [5.41, 5.74) is 5.69. The van der Waals surface area contributed by atoms with E-state index in [1.165, 1.54) is 12.1 Å². The number of benzene rings is 2. The molecule has 14 nitrogen and oxygen atoms in total. The summed E-state index contributed by atoms with van der Waals surface area (Å²) in [5, 5.41) is 19.4. The monoisotopic (exact) mass is 590 g/mol. The molecule has 1 unspecified atom stereocenters. The first kappa shape index (κ1) is 29.0. The summed E-state index contributed by atoms with van der Waals surface area (Å²) in [6.45, 7) is 3.03. The minimum atomic E-state index is -4.10. The topological polar surface area (TPSA) is 164 Å². The predicted molar refractivity (Wildman–Crippen MR) is 144 cm³/mol. The smallest absolute Gasteiger partial charge is 0.265 e. The number of ether oxygens (including phenoxy) is 4. The van der Waals surface area contributed by atoms with Crippen LogP contribution in [0.25, 0.3) is 0 Å². The van der Waals surface area contributed by atoms with Crippen molar-refractivity contribution in [3.63, 3.8) is 0 Å². The quantitative estimate of drug-likeness (QED) is 0.188. The number of likely N-dealkylation sites (tertiary alicyclic amines) is 1. The molecule has 15 heteroatoms. The number of fused-ring (bicyclic) bond motifs is 1. The van der Waals surface area contributed by atoms with Gasteiger partial charge in [0.15, 0.2) is 32.2 Å². The van der Waals surface area contributed by atoms with E-state index >= 15 is 0 Å². The third kappa shape index (κ3) is 6.08. The van der Waals surface area contributed by atoms with E-state index in [0.717, 1.165) is 5.56 Å². The van der Waals surface area contributed by atoms with Crippen molar-refractivity contribution < 1.29 is 37.4 Å². The van der Waals surface area contributed by atoms with Crippen molar-refractivity contribution in [2.75, 3.05) is 53.3 Å². The van der Waals surface area contributed by atoms with Gasteiger partial charge in [0.25, 0.3) is 5.91 Å². The molecule has 1 fully saturated rings. The van der Waals surface area contributed by atoms with Crippen LogP contribution in [0.4, 0.5) is 0 Å². The summed E-state index contributed by atoms with van der Waals surface area (Å²) in [6.07, 6.45) is 0.412. The minimum absolute atomic E-state index is 0.00460. The molecule has 222 valence electrons. The summed E-state index contributed by atoms with van der Waals surface area (Å²) in [7, 11) is -2.50. The summed E-state index contributed by atoms with van der Waals surface area (Å²) in [5.74, 6) is 0.962. The van der Waals surface area contributed by atoms with Crippen LogP contribution in [0.1, 0.15) is 31.0 Å². The maximum Gasteiger partial charge on any atom is 0.265 e. The highest BCUT2D eigenvalue weighted by molar-refractivity contribution is 7.93. The second-order valence-corrected chi connectivity index (χ2v) is 12.2. The number of hydrazine groups is 1. The molecule has 3 aliphatic rings. The van der Waals surface area contributed by atoms with Crippen LogP contribution in [0.2, 0.25) is 0 Å². The Morgan fingerprint density at radius 3 is 2.61 bits per heavy atom. The maximum absolute atomic E-state index is 13.6. The fourth-order valence-corrected chi connectivity index (χ4v) is 7.02. The van der Waals surface area contributed by atoms with Gasteiger partial charge in [-0.2, -0.15) is 5.43 Å². The van der Waals surface area contributed by atoms with E-state index in [9.17, 15) is 18.4 Å². The molecular formula is C26H34N6O8S. The van der Waals surface area contributed by atoms with Gasteiger partial charge in [0.05, 0.1) is 24.7 Å². The van der Waals surface area contributed by atoms with E-state index in [2.05, 4.69) is 15.8 Å². The van der Waals surface area contributed by atoms with Crippen LogP contribution in [0.15, 0.2) is 57.7 Å². The Hall–Kier alpha value is -3.50. The number of carbonyl (C=O) groups is 1. The Kier molecular flexibility index (Phi) is 8.89. The van der Waals surface area contributed by atoms with Gasteiger partial charge in [-0.25, -0.2) is 19.0 Å². The lowest BCUT2D eigenvalue weighted by Crippen LogP contribution is -2.57. The number of carbonyl (C=O) groups excluding carboxylic acids is 1. The highest BCUT2D eigenvalue weighted by Crippen LogP contribution is 2.37. The zero-order valence-electron chi connectivity index (χ0n) is 22.7. The molecule has 1 amide bonds. The second kappa shape index (κ2) is 12.6. The summed E-state index contributed by atoms with van der Waals surface area (Å²) in [6, 6.07) is 11.6. The third-order valence-corrected chi connectivity index (χ3v) is 10.00. The molecule has 41 heavy (non-hydrogen) atoms. The summed E-state index contributed by atoms with van der Waals surface area (Å²) < 4.78 is 47.2. The summed E-state index contributed by atoms with van der Waals surface area (Å²) >= 11 is 0. The molecule has 1 saturated heterocycles. The SMILES string of the molecule is COCCN1CCC(C(=O)NO)(S(=O)(=O)c2ccc(OCCCN3N=NC(c4ccc5c(c4)OCO5)N3)cc2)CC1. The van der Waals surface area contributed by atoms with E-state index in [4.69, 9.17) is 18.9 Å². The predicted octanol–water partition coefficient (Wildman–Crippen LogP) is 1.83. The molecule has 0 saturated carbocycles. The van der Waals surface area contributed by atoms with E-state index in [-0.39, 0.29) is 30.7 Å². The highest BCUT2D eigenvalue weighted by atomic mass is 32.2. The van der Waals surface area contributed by atoms with Gasteiger partial charge in [-0.05, 0) is 54.8 Å². The van der Waals surface area contributed by atoms with Crippen molar-refractivity contribution in [1.82, 2.24) is 20.9 Å². The van der Waals surface area contributed by atoms with Crippen LogP contribution in [0, 0.1) is 0 Å². The molecule has 2 aromatic rings. The van der Waals surface area contributed by atoms with Crippen LogP contribution in [0.3, 0.4) is 0 Å². The number of methoxy groups -OCH3 is 1. The van der Waals surface area contributed by atoms with Crippen molar-refractivity contribution in [3.8, 4) is 17.2 Å². The molecule has 3 heterocycles. The number of hydrogen-bond donors (Lipinski definition) is 3. The number of sulfone groups is 1. The van der Waals surface area contributed by atoms with E-state index in [1.54, 1.807) is 29.8 Å². The first-order chi connectivity index (χ1) is 19.9. The molecule has 3 N–H and O–H groups in total. The third-order valence-electron chi connectivity index (χ3n) is 7.48. The Labute approximate surface area is 238 Å². The van der Waals surface area contributed by atoms with Gasteiger partial charge >= 0.3 is 0 Å². The normalized spacial score (nSPS) is 19.9. The highest BCUT2D eigenvalue weighted by Gasteiger charge is 2.52. The number of piperidine rings is 1. The average Bonchev–Trinajstić information content (AvgIpc) is 3.68. The van der Waals surface area contributed by atoms with Crippen molar-refractivity contribution >= 4 is 15.7 Å². The molecule has 0 aromatic heterocycles. The van der Waals surface area contributed by atoms with Crippen molar-refractivity contribution in [3.05, 3.63) is 48.0 Å². The average molecular weight is 591 g/mol. The van der Waals surface area contributed by atoms with Crippen LogP contribution in [-0.2, 0) is 19.4 Å². The zero-order valence-corrected chi connectivity index (χ0v) is 23.5. The van der Waals surface area contributed by atoms with Gasteiger partial charge in [0.1, 0.15) is 5.75 Å². The van der Waals surface area contributed by atoms with Gasteiger partial charge in [0, 0.05) is 33.2 Å². The first-order valence-electron chi connectivity index (χ1n) is 13.3. The van der Waals surface area contributed by atoms with Gasteiger partial charge in [-0.1, -0.05) is 11.3 Å². The molecule has 0 aliphatic carbocycles. The van der Waals surface area contributed by atoms with Crippen LogP contribution in [-0.4, -0.2) is 87.6 Å². The molecule has 5 rings (SSSR count). The van der Waals surface area contributed by atoms with E-state index < -0.39 is 20.5 Å². The number of hydrogen-bond acceptors (Lipinski definition) is 13. The van der Waals surface area contributed by atoms with Gasteiger partial charge in [-0.3, -0.25) is 10.0 Å². The van der Waals surface area contributed by atoms with Crippen LogP contribution < -0.4 is 25.1 Å². The lowest BCUT2D eigenvalue weighted by molar-refractivity contribution is -0.133. The van der Waals surface area contributed by atoms with Crippen LogP contribution in [0.5, 0.6) is 17.2 Å². The van der Waals surface area contributed by atoms with E-state index in [1.807, 2.05) is 23.1 Å². The molecule has 1 atom stereocenters. The number of nitrogens with one attached hydrogen (secondary N) is 2. The largest absolute Gasteiger partial charge is 0.494 e. The molecular weight excluding hydrogens is 556 g/mol. The number of hydroxylamine groups is 1. The standard InChI is InChI=1S/C26H34N6O8S/c1-37-16-14-31-12-9-26(10-13-31,25(33)29-34)41(35,36)21-6-4-20(5-7-21)38-15-2-11-32-28-24(27-30-32)19-3-8-22-23(17-19)40-18-39-22/h3-8,17,24,28,34H,2,9-16,18H2,1H3,(H,29,33). The minimum Gasteiger partial charge on any atom is -0.494 e. The molecule has 2 aromatic carbocycles. The van der Waals surface area contributed by atoms with E-state index in [0.29, 0.717) is 63.1 Å². The second-order valence-electron chi connectivity index (χ2n) is 9.92.